The van der Waals surface area contributed by atoms with E-state index in [1.54, 1.807) is 7.11 Å². The number of aryl methyl sites for hydroxylation is 2. The van der Waals surface area contributed by atoms with Crippen LogP contribution in [0.25, 0.3) is 11.6 Å². The second kappa shape index (κ2) is 6.90. The molecule has 1 saturated carbocycles. The predicted molar refractivity (Wildman–Crippen MR) is 101 cm³/mol. The Balaban J connectivity index is 1.59. The van der Waals surface area contributed by atoms with Gasteiger partial charge in [0, 0.05) is 11.6 Å². The van der Waals surface area contributed by atoms with E-state index in [2.05, 4.69) is 15.5 Å². The number of nitrogens with zero attached hydrogens (tertiary/aromatic N) is 3. The monoisotopic (exact) mass is 366 g/mol. The first-order chi connectivity index (χ1) is 13.1. The lowest BCUT2D eigenvalue weighted by Crippen LogP contribution is -2.20. The molecule has 1 aromatic carbocycles. The van der Waals surface area contributed by atoms with Gasteiger partial charge in [0.1, 0.15) is 18.0 Å². The molecule has 0 saturated heterocycles. The molecule has 0 unspecified atom stereocenters. The number of ether oxygens (including phenoxy) is 1. The van der Waals surface area contributed by atoms with Crippen LogP contribution in [0.2, 0.25) is 0 Å². The van der Waals surface area contributed by atoms with E-state index in [0.29, 0.717) is 23.2 Å². The maximum absolute atomic E-state index is 12.7. The standard InChI is InChI=1S/C20H22N4O3/c1-12-10-13(2)24(18(12)20-22-19(23-27-20)14-8-9-14)11-17(25)21-15-6-4-5-7-16(15)26-3/h4-7,10,14H,8-9,11H2,1-3H3,(H,21,25). The molecule has 1 aliphatic carbocycles. The van der Waals surface area contributed by atoms with E-state index in [-0.39, 0.29) is 12.5 Å². The van der Waals surface area contributed by atoms with Gasteiger partial charge in [0.25, 0.3) is 5.89 Å². The van der Waals surface area contributed by atoms with Crippen LogP contribution in [-0.2, 0) is 11.3 Å². The Kier molecular flexibility index (Phi) is 4.43. The topological polar surface area (TPSA) is 82.2 Å². The van der Waals surface area contributed by atoms with Crippen LogP contribution in [0, 0.1) is 13.8 Å². The van der Waals surface area contributed by atoms with Gasteiger partial charge < -0.3 is 19.1 Å². The average Bonchev–Trinajstić information content (AvgIpc) is 3.32. The molecule has 1 fully saturated rings. The summed E-state index contributed by atoms with van der Waals surface area (Å²) in [4.78, 5) is 17.2. The van der Waals surface area contributed by atoms with Crippen LogP contribution in [0.4, 0.5) is 5.69 Å². The van der Waals surface area contributed by atoms with Crippen LogP contribution >= 0.6 is 0 Å². The molecule has 140 valence electrons. The van der Waals surface area contributed by atoms with Crippen molar-refractivity contribution >= 4 is 11.6 Å². The van der Waals surface area contributed by atoms with Crippen molar-refractivity contribution in [3.8, 4) is 17.3 Å². The molecule has 2 aromatic heterocycles. The first-order valence-corrected chi connectivity index (χ1v) is 9.00. The SMILES string of the molecule is COc1ccccc1NC(=O)Cn1c(C)cc(C)c1-c1nc(C2CC2)no1. The summed E-state index contributed by atoms with van der Waals surface area (Å²) >= 11 is 0. The highest BCUT2D eigenvalue weighted by Crippen LogP contribution is 2.39. The number of carbonyl (C=O) groups excluding carboxylic acids is 1. The molecule has 4 rings (SSSR count). The minimum atomic E-state index is -0.151. The summed E-state index contributed by atoms with van der Waals surface area (Å²) in [5.74, 6) is 2.11. The van der Waals surface area contributed by atoms with Gasteiger partial charge in [-0.25, -0.2) is 0 Å². The third kappa shape index (κ3) is 3.45. The van der Waals surface area contributed by atoms with E-state index >= 15 is 0 Å². The van der Waals surface area contributed by atoms with Crippen LogP contribution in [-0.4, -0.2) is 27.7 Å². The van der Waals surface area contributed by atoms with E-state index in [0.717, 1.165) is 35.6 Å². The number of benzene rings is 1. The molecule has 0 bridgehead atoms. The zero-order valence-electron chi connectivity index (χ0n) is 15.7. The number of amides is 1. The molecule has 2 heterocycles. The molecule has 1 aliphatic rings. The highest BCUT2D eigenvalue weighted by Gasteiger charge is 2.30. The minimum absolute atomic E-state index is 0.147. The minimum Gasteiger partial charge on any atom is -0.495 e. The number of anilines is 1. The lowest BCUT2D eigenvalue weighted by molar-refractivity contribution is -0.116. The Morgan fingerprint density at radius 2 is 2.11 bits per heavy atom. The lowest BCUT2D eigenvalue weighted by atomic mass is 10.2. The molecule has 7 heteroatoms. The fourth-order valence-corrected chi connectivity index (χ4v) is 3.26. The summed E-state index contributed by atoms with van der Waals surface area (Å²) < 4.78 is 12.7. The van der Waals surface area contributed by atoms with Gasteiger partial charge in [-0.1, -0.05) is 17.3 Å². The number of para-hydroxylation sites is 2. The molecular formula is C20H22N4O3. The van der Waals surface area contributed by atoms with Crippen LogP contribution in [0.5, 0.6) is 5.75 Å². The number of methoxy groups -OCH3 is 1. The van der Waals surface area contributed by atoms with Gasteiger partial charge in [-0.05, 0) is 50.5 Å². The Bertz CT molecular complexity index is 985. The summed E-state index contributed by atoms with van der Waals surface area (Å²) in [7, 11) is 1.58. The molecule has 0 aliphatic heterocycles. The van der Waals surface area contributed by atoms with Crippen LogP contribution in [0.3, 0.4) is 0 Å². The number of hydrogen-bond acceptors (Lipinski definition) is 5. The number of hydrogen-bond donors (Lipinski definition) is 1. The lowest BCUT2D eigenvalue weighted by Gasteiger charge is -2.12. The number of carbonyl (C=O) groups is 1. The fraction of sp³-hybridized carbons (Fsp3) is 0.350. The summed E-state index contributed by atoms with van der Waals surface area (Å²) in [5.41, 5.74) is 3.40. The molecule has 0 radical (unpaired) electrons. The third-order valence-corrected chi connectivity index (χ3v) is 4.76. The largest absolute Gasteiger partial charge is 0.495 e. The van der Waals surface area contributed by atoms with Gasteiger partial charge in [-0.15, -0.1) is 0 Å². The van der Waals surface area contributed by atoms with Gasteiger partial charge >= 0.3 is 0 Å². The Morgan fingerprint density at radius 3 is 2.85 bits per heavy atom. The number of nitrogens with one attached hydrogen (secondary N) is 1. The molecule has 27 heavy (non-hydrogen) atoms. The summed E-state index contributed by atoms with van der Waals surface area (Å²) in [6.45, 7) is 4.09. The second-order valence-electron chi connectivity index (χ2n) is 6.88. The number of aromatic nitrogens is 3. The van der Waals surface area contributed by atoms with Gasteiger partial charge in [0.15, 0.2) is 5.82 Å². The second-order valence-corrected chi connectivity index (χ2v) is 6.88. The van der Waals surface area contributed by atoms with E-state index in [9.17, 15) is 4.79 Å². The molecule has 0 spiro atoms. The van der Waals surface area contributed by atoms with Crippen molar-refractivity contribution in [2.75, 3.05) is 12.4 Å². The number of rotatable bonds is 6. The predicted octanol–water partition coefficient (Wildman–Crippen LogP) is 3.68. The van der Waals surface area contributed by atoms with Crippen molar-refractivity contribution in [3.63, 3.8) is 0 Å². The van der Waals surface area contributed by atoms with Crippen molar-refractivity contribution < 1.29 is 14.1 Å². The van der Waals surface area contributed by atoms with E-state index in [1.807, 2.05) is 48.7 Å². The first kappa shape index (κ1) is 17.3. The normalized spacial score (nSPS) is 13.6. The maximum Gasteiger partial charge on any atom is 0.274 e. The van der Waals surface area contributed by atoms with Gasteiger partial charge in [-0.3, -0.25) is 4.79 Å². The van der Waals surface area contributed by atoms with Gasteiger partial charge in [0.05, 0.1) is 12.8 Å². The highest BCUT2D eigenvalue weighted by atomic mass is 16.5. The summed E-state index contributed by atoms with van der Waals surface area (Å²) in [6.07, 6.45) is 2.22. The molecule has 7 nitrogen and oxygen atoms in total. The van der Waals surface area contributed by atoms with Crippen LogP contribution < -0.4 is 10.1 Å². The fourth-order valence-electron chi connectivity index (χ4n) is 3.26. The molecule has 1 amide bonds. The molecule has 1 N–H and O–H groups in total. The molecule has 3 aromatic rings. The Labute approximate surface area is 157 Å². The zero-order valence-corrected chi connectivity index (χ0v) is 15.7. The van der Waals surface area contributed by atoms with E-state index in [4.69, 9.17) is 9.26 Å². The van der Waals surface area contributed by atoms with Crippen LogP contribution in [0.15, 0.2) is 34.9 Å². The summed E-state index contributed by atoms with van der Waals surface area (Å²) in [6, 6.07) is 9.35. The van der Waals surface area contributed by atoms with E-state index < -0.39 is 0 Å². The first-order valence-electron chi connectivity index (χ1n) is 9.00. The van der Waals surface area contributed by atoms with Gasteiger partial charge in [0.2, 0.25) is 5.91 Å². The highest BCUT2D eigenvalue weighted by molar-refractivity contribution is 5.92. The molecular weight excluding hydrogens is 344 g/mol. The van der Waals surface area contributed by atoms with Crippen molar-refractivity contribution in [1.29, 1.82) is 0 Å². The van der Waals surface area contributed by atoms with Crippen LogP contribution in [0.1, 0.15) is 35.8 Å². The van der Waals surface area contributed by atoms with Crippen molar-refractivity contribution in [2.45, 2.75) is 39.2 Å². The van der Waals surface area contributed by atoms with Crippen molar-refractivity contribution in [3.05, 3.63) is 47.4 Å². The molecule has 0 atom stereocenters. The van der Waals surface area contributed by atoms with Crippen molar-refractivity contribution in [1.82, 2.24) is 14.7 Å². The average molecular weight is 366 g/mol. The quantitative estimate of drug-likeness (QED) is 0.720. The van der Waals surface area contributed by atoms with Crippen molar-refractivity contribution in [2.24, 2.45) is 0 Å². The smallest absolute Gasteiger partial charge is 0.274 e. The third-order valence-electron chi connectivity index (χ3n) is 4.76. The maximum atomic E-state index is 12.7. The summed E-state index contributed by atoms with van der Waals surface area (Å²) in [5, 5.41) is 7.01. The van der Waals surface area contributed by atoms with E-state index in [1.165, 1.54) is 0 Å². The Hall–Kier alpha value is -3.09. The zero-order chi connectivity index (χ0) is 19.0. The Morgan fingerprint density at radius 1 is 1.33 bits per heavy atom. The van der Waals surface area contributed by atoms with Gasteiger partial charge in [-0.2, -0.15) is 4.98 Å².